The van der Waals surface area contributed by atoms with Crippen molar-refractivity contribution in [2.75, 3.05) is 5.75 Å². The van der Waals surface area contributed by atoms with Gasteiger partial charge < -0.3 is 0 Å². The molecule has 0 aliphatic rings. The van der Waals surface area contributed by atoms with Crippen LogP contribution in [0.3, 0.4) is 0 Å². The highest BCUT2D eigenvalue weighted by Crippen LogP contribution is 2.38. The van der Waals surface area contributed by atoms with Gasteiger partial charge in [0.2, 0.25) is 9.45 Å². The predicted molar refractivity (Wildman–Crippen MR) is 89.4 cm³/mol. The van der Waals surface area contributed by atoms with Crippen molar-refractivity contribution in [2.24, 2.45) is 0 Å². The van der Waals surface area contributed by atoms with Gasteiger partial charge >= 0.3 is 0 Å². The van der Waals surface area contributed by atoms with Crippen LogP contribution in [0.4, 0.5) is 0 Å². The van der Waals surface area contributed by atoms with Crippen molar-refractivity contribution in [3.63, 3.8) is 0 Å². The first-order valence-corrected chi connectivity index (χ1v) is 8.36. The zero-order chi connectivity index (χ0) is 15.5. The lowest BCUT2D eigenvalue weighted by Crippen LogP contribution is -2.27. The number of rotatable bonds is 6. The summed E-state index contributed by atoms with van der Waals surface area (Å²) < 4.78 is 0.177. The zero-order valence-electron chi connectivity index (χ0n) is 11.8. The number of alkyl halides is 2. The first-order valence-electron chi connectivity index (χ1n) is 6.62. The number of carbonyl (C=O) groups excluding carboxylic acids is 1. The lowest BCUT2D eigenvalue weighted by atomic mass is 10.1. The Bertz CT molecular complexity index is 613. The largest absolute Gasteiger partial charge is 0.288 e. The Kier molecular flexibility index (Phi) is 5.36. The molecule has 2 aromatic rings. The second-order valence-electron chi connectivity index (χ2n) is 4.53. The smallest absolute Gasteiger partial charge is 0.227 e. The summed E-state index contributed by atoms with van der Waals surface area (Å²) in [5, 5.41) is 4.26. The van der Waals surface area contributed by atoms with Gasteiger partial charge in [0.25, 0.3) is 0 Å². The predicted octanol–water partition coefficient (Wildman–Crippen LogP) is 4.56. The van der Waals surface area contributed by atoms with Gasteiger partial charge in [0.1, 0.15) is 5.69 Å². The highest BCUT2D eigenvalue weighted by atomic mass is 35.5. The van der Waals surface area contributed by atoms with Gasteiger partial charge in [-0.25, -0.2) is 0 Å². The Balaban J connectivity index is 2.33. The SMILES string of the molecule is CCSC(Cl)(Cl)C(=O)c1ccnn1[C@H](C)c1ccccc1. The van der Waals surface area contributed by atoms with Gasteiger partial charge in [0.05, 0.1) is 6.04 Å². The van der Waals surface area contributed by atoms with E-state index in [1.54, 1.807) is 16.9 Å². The molecule has 0 bridgehead atoms. The molecule has 0 saturated heterocycles. The van der Waals surface area contributed by atoms with E-state index in [4.69, 9.17) is 23.2 Å². The number of hydrogen-bond acceptors (Lipinski definition) is 3. The molecular formula is C15H16Cl2N2OS. The number of thioether (sulfide) groups is 1. The minimum Gasteiger partial charge on any atom is -0.288 e. The minimum atomic E-state index is -1.48. The van der Waals surface area contributed by atoms with Crippen LogP contribution >= 0.6 is 35.0 Å². The van der Waals surface area contributed by atoms with Gasteiger partial charge in [-0.3, -0.25) is 9.48 Å². The van der Waals surface area contributed by atoms with Crippen molar-refractivity contribution < 1.29 is 4.79 Å². The maximum Gasteiger partial charge on any atom is 0.227 e. The summed E-state index contributed by atoms with van der Waals surface area (Å²) in [5.74, 6) is 0.319. The number of hydrogen-bond donors (Lipinski definition) is 0. The topological polar surface area (TPSA) is 34.9 Å². The molecule has 0 fully saturated rings. The summed E-state index contributed by atoms with van der Waals surface area (Å²) >= 11 is 13.5. The van der Waals surface area contributed by atoms with Gasteiger partial charge in [-0.1, -0.05) is 60.5 Å². The molecule has 21 heavy (non-hydrogen) atoms. The van der Waals surface area contributed by atoms with E-state index < -0.39 is 3.67 Å². The summed E-state index contributed by atoms with van der Waals surface area (Å²) in [4.78, 5) is 12.5. The summed E-state index contributed by atoms with van der Waals surface area (Å²) in [6.07, 6.45) is 1.59. The highest BCUT2D eigenvalue weighted by Gasteiger charge is 2.37. The monoisotopic (exact) mass is 342 g/mol. The van der Waals surface area contributed by atoms with Crippen LogP contribution in [0, 0.1) is 0 Å². The van der Waals surface area contributed by atoms with Crippen molar-refractivity contribution in [1.29, 1.82) is 0 Å². The van der Waals surface area contributed by atoms with Crippen LogP contribution in [0.1, 0.15) is 35.9 Å². The Morgan fingerprint density at radius 3 is 2.62 bits per heavy atom. The quantitative estimate of drug-likeness (QED) is 0.570. The minimum absolute atomic E-state index is 0.0732. The molecule has 112 valence electrons. The van der Waals surface area contributed by atoms with Gasteiger partial charge in [0.15, 0.2) is 0 Å². The van der Waals surface area contributed by atoms with Crippen molar-refractivity contribution in [3.05, 3.63) is 53.9 Å². The van der Waals surface area contributed by atoms with Crippen molar-refractivity contribution in [2.45, 2.75) is 23.6 Å². The fourth-order valence-corrected chi connectivity index (χ4v) is 3.52. The highest BCUT2D eigenvalue weighted by molar-refractivity contribution is 8.04. The number of halogens is 2. The van der Waals surface area contributed by atoms with E-state index in [9.17, 15) is 4.79 Å². The van der Waals surface area contributed by atoms with E-state index in [0.717, 1.165) is 5.56 Å². The van der Waals surface area contributed by atoms with Gasteiger partial charge in [-0.2, -0.15) is 5.10 Å². The van der Waals surface area contributed by atoms with E-state index in [2.05, 4.69) is 5.10 Å². The summed E-state index contributed by atoms with van der Waals surface area (Å²) in [6, 6.07) is 11.4. The van der Waals surface area contributed by atoms with Crippen LogP contribution < -0.4 is 0 Å². The van der Waals surface area contributed by atoms with Crippen LogP contribution in [-0.4, -0.2) is 25.0 Å². The number of nitrogens with zero attached hydrogens (tertiary/aromatic N) is 2. The Morgan fingerprint density at radius 1 is 1.33 bits per heavy atom. The van der Waals surface area contributed by atoms with E-state index in [-0.39, 0.29) is 11.8 Å². The molecule has 1 heterocycles. The molecule has 6 heteroatoms. The molecule has 2 rings (SSSR count). The summed E-state index contributed by atoms with van der Waals surface area (Å²) in [5.41, 5.74) is 1.48. The third-order valence-electron chi connectivity index (χ3n) is 3.14. The van der Waals surface area contributed by atoms with Gasteiger partial charge in [0, 0.05) is 6.20 Å². The summed E-state index contributed by atoms with van der Waals surface area (Å²) in [6.45, 7) is 3.89. The van der Waals surface area contributed by atoms with Crippen LogP contribution in [0.25, 0.3) is 0 Å². The van der Waals surface area contributed by atoms with Crippen molar-refractivity contribution in [1.82, 2.24) is 9.78 Å². The van der Waals surface area contributed by atoms with Gasteiger partial charge in [-0.15, -0.1) is 11.8 Å². The molecule has 1 atom stereocenters. The molecule has 0 amide bonds. The van der Waals surface area contributed by atoms with Gasteiger partial charge in [-0.05, 0) is 24.3 Å². The molecule has 1 aromatic heterocycles. The number of aromatic nitrogens is 2. The maximum atomic E-state index is 12.5. The summed E-state index contributed by atoms with van der Waals surface area (Å²) in [7, 11) is 0. The Morgan fingerprint density at radius 2 is 2.00 bits per heavy atom. The second kappa shape index (κ2) is 6.86. The maximum absolute atomic E-state index is 12.5. The van der Waals surface area contributed by atoms with Crippen LogP contribution in [0.2, 0.25) is 0 Å². The Labute approximate surface area is 138 Å². The standard InChI is InChI=1S/C15H16Cl2N2OS/c1-3-21-15(16,17)14(20)13-9-10-18-19(13)11(2)12-7-5-4-6-8-12/h4-11H,3H2,1-2H3/t11-/m1/s1. The van der Waals surface area contributed by atoms with E-state index in [1.165, 1.54) is 11.8 Å². The Hall–Kier alpha value is -0.970. The number of carbonyl (C=O) groups is 1. The molecule has 0 unspecified atom stereocenters. The number of benzene rings is 1. The van der Waals surface area contributed by atoms with Crippen LogP contribution in [0.5, 0.6) is 0 Å². The van der Waals surface area contributed by atoms with E-state index in [1.807, 2.05) is 44.2 Å². The van der Waals surface area contributed by atoms with Crippen molar-refractivity contribution >= 4 is 40.7 Å². The van der Waals surface area contributed by atoms with E-state index >= 15 is 0 Å². The lowest BCUT2D eigenvalue weighted by Gasteiger charge is -2.20. The van der Waals surface area contributed by atoms with E-state index in [0.29, 0.717) is 11.4 Å². The molecule has 0 N–H and O–H groups in total. The van der Waals surface area contributed by atoms with Crippen LogP contribution in [-0.2, 0) is 0 Å². The van der Waals surface area contributed by atoms with Crippen LogP contribution in [0.15, 0.2) is 42.6 Å². The normalized spacial score (nSPS) is 13.1. The van der Waals surface area contributed by atoms with Crippen molar-refractivity contribution in [3.8, 4) is 0 Å². The molecule has 0 aliphatic heterocycles. The average molecular weight is 343 g/mol. The molecular weight excluding hydrogens is 327 g/mol. The third kappa shape index (κ3) is 3.62. The molecule has 1 aromatic carbocycles. The lowest BCUT2D eigenvalue weighted by molar-refractivity contribution is 0.0987. The first kappa shape index (κ1) is 16.4. The molecule has 0 saturated carbocycles. The molecule has 0 aliphatic carbocycles. The molecule has 3 nitrogen and oxygen atoms in total. The fraction of sp³-hybridized carbons (Fsp3) is 0.333. The number of ketones is 1. The fourth-order valence-electron chi connectivity index (χ4n) is 2.07. The zero-order valence-corrected chi connectivity index (χ0v) is 14.1. The number of Topliss-reactive ketones (excluding diaryl/α,β-unsaturated/α-hetero) is 1. The third-order valence-corrected chi connectivity index (χ3v) is 4.98. The molecule has 0 radical (unpaired) electrons. The second-order valence-corrected chi connectivity index (χ2v) is 7.78. The first-order chi connectivity index (χ1) is 9.97. The average Bonchev–Trinajstić information content (AvgIpc) is 2.95. The molecule has 0 spiro atoms.